The third-order valence-corrected chi connectivity index (χ3v) is 3.41. The first-order chi connectivity index (χ1) is 13.1. The molecule has 0 aliphatic carbocycles. The zero-order valence-electron chi connectivity index (χ0n) is 15.1. The van der Waals surface area contributed by atoms with Gasteiger partial charge in [0.2, 0.25) is 5.88 Å². The molecule has 1 atom stereocenters. The van der Waals surface area contributed by atoms with E-state index in [0.717, 1.165) is 6.07 Å². The van der Waals surface area contributed by atoms with E-state index in [1.165, 1.54) is 31.2 Å². The lowest BCUT2D eigenvalue weighted by atomic mass is 10.3. The summed E-state index contributed by atoms with van der Waals surface area (Å²) in [6, 6.07) is 6.71. The Labute approximate surface area is 163 Å². The highest BCUT2D eigenvalue weighted by atomic mass is 35.5. The van der Waals surface area contributed by atoms with Gasteiger partial charge in [0.05, 0.1) is 11.3 Å². The molecule has 0 aliphatic rings. The van der Waals surface area contributed by atoms with Gasteiger partial charge in [0.25, 0.3) is 0 Å². The molecule has 2 rings (SSSR count). The number of hydrogen-bond acceptors (Lipinski definition) is 6. The Morgan fingerprint density at radius 1 is 1.18 bits per heavy atom. The largest absolute Gasteiger partial charge is 0.479 e. The molecule has 1 aromatic heterocycles. The van der Waals surface area contributed by atoms with E-state index in [9.17, 15) is 18.0 Å². The van der Waals surface area contributed by atoms with Crippen LogP contribution < -0.4 is 9.47 Å². The van der Waals surface area contributed by atoms with Crippen LogP contribution in [0.15, 0.2) is 41.7 Å². The monoisotopic (exact) mass is 416 g/mol. The molecule has 0 saturated heterocycles. The number of benzene rings is 1. The molecule has 0 N–H and O–H groups in total. The molecule has 0 saturated carbocycles. The summed E-state index contributed by atoms with van der Waals surface area (Å²) < 4.78 is 48.7. The fourth-order valence-electron chi connectivity index (χ4n) is 1.82. The Morgan fingerprint density at radius 3 is 2.32 bits per heavy atom. The van der Waals surface area contributed by atoms with E-state index in [4.69, 9.17) is 21.1 Å². The highest BCUT2D eigenvalue weighted by molar-refractivity contribution is 6.31. The van der Waals surface area contributed by atoms with E-state index < -0.39 is 23.8 Å². The van der Waals surface area contributed by atoms with Gasteiger partial charge in [0, 0.05) is 6.20 Å². The van der Waals surface area contributed by atoms with Crippen molar-refractivity contribution in [2.75, 3.05) is 0 Å². The molecule has 1 unspecified atom stereocenters. The molecular weight excluding hydrogens is 401 g/mol. The van der Waals surface area contributed by atoms with Crippen LogP contribution in [0.1, 0.15) is 26.3 Å². The second kappa shape index (κ2) is 8.92. The Kier molecular flexibility index (Phi) is 6.85. The molecule has 0 aliphatic heterocycles. The topological polar surface area (TPSA) is 70.0 Å². The summed E-state index contributed by atoms with van der Waals surface area (Å²) >= 11 is 5.80. The Balaban J connectivity index is 2.01. The first-order valence-corrected chi connectivity index (χ1v) is 8.33. The fourth-order valence-corrected chi connectivity index (χ4v) is 2.02. The number of nitrogens with zero attached hydrogens (tertiary/aromatic N) is 2. The molecule has 1 aromatic carbocycles. The van der Waals surface area contributed by atoms with Crippen LogP contribution in [0, 0.1) is 0 Å². The predicted octanol–water partition coefficient (Wildman–Crippen LogP) is 5.25. The summed E-state index contributed by atoms with van der Waals surface area (Å²) in [5.74, 6) is -0.223. The van der Waals surface area contributed by atoms with Crippen molar-refractivity contribution in [3.8, 4) is 17.4 Å². The molecule has 1 heterocycles. The predicted molar refractivity (Wildman–Crippen MR) is 95.7 cm³/mol. The smallest absolute Gasteiger partial charge is 0.417 e. The average Bonchev–Trinajstić information content (AvgIpc) is 2.62. The third-order valence-electron chi connectivity index (χ3n) is 3.14. The van der Waals surface area contributed by atoms with Crippen molar-refractivity contribution in [1.82, 2.24) is 4.98 Å². The Bertz CT molecular complexity index is 866. The van der Waals surface area contributed by atoms with Crippen molar-refractivity contribution < 1.29 is 32.3 Å². The van der Waals surface area contributed by atoms with Gasteiger partial charge in [-0.2, -0.15) is 13.2 Å². The minimum Gasteiger partial charge on any atom is -0.479 e. The van der Waals surface area contributed by atoms with E-state index in [-0.39, 0.29) is 16.7 Å². The number of pyridine rings is 1. The molecular formula is C18H16ClF3N2O4. The SMILES string of the molecule is CC(C)=NOC(=O)C(C)Oc1ccc(Oc2ncc(C(F)(F)F)cc2Cl)cc1. The van der Waals surface area contributed by atoms with Crippen molar-refractivity contribution in [2.45, 2.75) is 33.1 Å². The van der Waals surface area contributed by atoms with Gasteiger partial charge < -0.3 is 14.3 Å². The van der Waals surface area contributed by atoms with E-state index in [1.54, 1.807) is 13.8 Å². The second-order valence-electron chi connectivity index (χ2n) is 5.79. The number of ether oxygens (including phenoxy) is 2. The molecule has 0 spiro atoms. The summed E-state index contributed by atoms with van der Waals surface area (Å²) in [6.07, 6.45) is -4.82. The van der Waals surface area contributed by atoms with Gasteiger partial charge >= 0.3 is 12.1 Å². The minimum absolute atomic E-state index is 0.173. The number of oxime groups is 1. The average molecular weight is 417 g/mol. The Morgan fingerprint density at radius 2 is 1.79 bits per heavy atom. The van der Waals surface area contributed by atoms with Gasteiger partial charge in [-0.15, -0.1) is 0 Å². The maximum atomic E-state index is 12.6. The van der Waals surface area contributed by atoms with Crippen LogP contribution in [0.4, 0.5) is 13.2 Å². The van der Waals surface area contributed by atoms with E-state index in [1.807, 2.05) is 0 Å². The van der Waals surface area contributed by atoms with E-state index in [2.05, 4.69) is 15.0 Å². The maximum absolute atomic E-state index is 12.6. The number of carbonyl (C=O) groups excluding carboxylic acids is 1. The summed E-state index contributed by atoms with van der Waals surface area (Å²) in [4.78, 5) is 20.0. The van der Waals surface area contributed by atoms with E-state index >= 15 is 0 Å². The molecule has 0 amide bonds. The molecule has 6 nitrogen and oxygen atoms in total. The highest BCUT2D eigenvalue weighted by Gasteiger charge is 2.31. The van der Waals surface area contributed by atoms with Gasteiger partial charge in [-0.3, -0.25) is 0 Å². The quantitative estimate of drug-likeness (QED) is 0.365. The van der Waals surface area contributed by atoms with Gasteiger partial charge in [-0.25, -0.2) is 9.78 Å². The van der Waals surface area contributed by atoms with Crippen molar-refractivity contribution in [2.24, 2.45) is 5.16 Å². The lowest BCUT2D eigenvalue weighted by Gasteiger charge is -2.13. The van der Waals surface area contributed by atoms with Crippen LogP contribution >= 0.6 is 11.6 Å². The number of halogens is 4. The van der Waals surface area contributed by atoms with Crippen LogP contribution in [0.25, 0.3) is 0 Å². The van der Waals surface area contributed by atoms with Crippen LogP contribution in [-0.4, -0.2) is 22.8 Å². The highest BCUT2D eigenvalue weighted by Crippen LogP contribution is 2.34. The standard InChI is InChI=1S/C18H16ClF3N2O4/c1-10(2)24-28-17(25)11(3)26-13-4-6-14(7-5-13)27-16-15(19)8-12(9-23-16)18(20,21)22/h4-9,11H,1-3H3. The number of hydrogen-bond donors (Lipinski definition) is 0. The molecule has 10 heteroatoms. The lowest BCUT2D eigenvalue weighted by Crippen LogP contribution is -2.24. The minimum atomic E-state index is -4.55. The fraction of sp³-hybridized carbons (Fsp3) is 0.278. The molecule has 28 heavy (non-hydrogen) atoms. The number of carbonyl (C=O) groups is 1. The summed E-state index contributed by atoms with van der Waals surface area (Å²) in [5, 5.41) is 3.28. The molecule has 2 aromatic rings. The first-order valence-electron chi connectivity index (χ1n) is 7.95. The van der Waals surface area contributed by atoms with Gasteiger partial charge in [-0.1, -0.05) is 16.8 Å². The van der Waals surface area contributed by atoms with Crippen molar-refractivity contribution >= 4 is 23.3 Å². The van der Waals surface area contributed by atoms with Crippen LogP contribution in [0.5, 0.6) is 17.4 Å². The third kappa shape index (κ3) is 6.12. The van der Waals surface area contributed by atoms with Crippen LogP contribution in [0.2, 0.25) is 5.02 Å². The zero-order chi connectivity index (χ0) is 20.9. The molecule has 0 bridgehead atoms. The van der Waals surface area contributed by atoms with Crippen LogP contribution in [0.3, 0.4) is 0 Å². The molecule has 150 valence electrons. The van der Waals surface area contributed by atoms with E-state index in [0.29, 0.717) is 17.7 Å². The van der Waals surface area contributed by atoms with Gasteiger partial charge in [-0.05, 0) is 51.1 Å². The normalized spacial score (nSPS) is 12.1. The summed E-state index contributed by atoms with van der Waals surface area (Å²) in [6.45, 7) is 4.85. The number of alkyl halides is 3. The van der Waals surface area contributed by atoms with Gasteiger partial charge in [0.15, 0.2) is 6.10 Å². The Hall–Kier alpha value is -2.81. The number of aromatic nitrogens is 1. The van der Waals surface area contributed by atoms with Crippen molar-refractivity contribution in [3.05, 3.63) is 47.1 Å². The molecule has 0 radical (unpaired) electrons. The summed E-state index contributed by atoms with van der Waals surface area (Å²) in [5.41, 5.74) is -0.394. The first kappa shape index (κ1) is 21.5. The lowest BCUT2D eigenvalue weighted by molar-refractivity contribution is -0.151. The summed E-state index contributed by atoms with van der Waals surface area (Å²) in [7, 11) is 0. The second-order valence-corrected chi connectivity index (χ2v) is 6.20. The van der Waals surface area contributed by atoms with Crippen molar-refractivity contribution in [1.29, 1.82) is 0 Å². The zero-order valence-corrected chi connectivity index (χ0v) is 15.8. The molecule has 0 fully saturated rings. The maximum Gasteiger partial charge on any atom is 0.417 e. The number of rotatable bonds is 6. The van der Waals surface area contributed by atoms with Crippen LogP contribution in [-0.2, 0) is 15.8 Å². The van der Waals surface area contributed by atoms with Gasteiger partial charge in [0.1, 0.15) is 16.5 Å². The van der Waals surface area contributed by atoms with Crippen molar-refractivity contribution in [3.63, 3.8) is 0 Å².